The van der Waals surface area contributed by atoms with Crippen molar-refractivity contribution in [1.29, 1.82) is 0 Å². The topological polar surface area (TPSA) is 63.6 Å². The third-order valence-electron chi connectivity index (χ3n) is 1.72. The fourth-order valence-electron chi connectivity index (χ4n) is 1.03. The lowest BCUT2D eigenvalue weighted by molar-refractivity contribution is -0.137. The average molecular weight is 352 g/mol. The Morgan fingerprint density at radius 1 is 1.38 bits per heavy atom. The van der Waals surface area contributed by atoms with E-state index in [9.17, 15) is 9.59 Å². The molecule has 4 nitrogen and oxygen atoms in total. The number of halogens is 2. The van der Waals surface area contributed by atoms with Crippen molar-refractivity contribution in [1.82, 2.24) is 0 Å². The van der Waals surface area contributed by atoms with Gasteiger partial charge in [0.2, 0.25) is 0 Å². The van der Waals surface area contributed by atoms with E-state index in [-0.39, 0.29) is 13.0 Å². The Labute approximate surface area is 109 Å². The van der Waals surface area contributed by atoms with Gasteiger partial charge in [-0.25, -0.2) is 0 Å². The molecule has 0 saturated heterocycles. The van der Waals surface area contributed by atoms with Crippen LogP contribution in [0.5, 0.6) is 5.75 Å². The Hall–Kier alpha value is -0.880. The second kappa shape index (κ2) is 6.00. The zero-order valence-corrected chi connectivity index (χ0v) is 11.2. The van der Waals surface area contributed by atoms with Gasteiger partial charge in [-0.05, 0) is 44.0 Å². The minimum atomic E-state index is -0.920. The van der Waals surface area contributed by atoms with Crippen LogP contribution in [-0.4, -0.2) is 24.0 Å². The molecule has 0 heterocycles. The van der Waals surface area contributed by atoms with Crippen molar-refractivity contribution < 1.29 is 19.4 Å². The van der Waals surface area contributed by atoms with Gasteiger partial charge in [0.05, 0.1) is 22.0 Å². The maximum absolute atomic E-state index is 10.6. The zero-order chi connectivity index (χ0) is 12.1. The van der Waals surface area contributed by atoms with Gasteiger partial charge >= 0.3 is 5.97 Å². The number of ether oxygens (including phenoxy) is 1. The van der Waals surface area contributed by atoms with Crippen LogP contribution >= 0.6 is 31.9 Å². The molecule has 0 saturated carbocycles. The summed E-state index contributed by atoms with van der Waals surface area (Å²) >= 11 is 6.49. The maximum Gasteiger partial charge on any atom is 0.306 e. The van der Waals surface area contributed by atoms with Crippen molar-refractivity contribution in [2.24, 2.45) is 0 Å². The predicted octanol–water partition coefficient (Wildman–Crippen LogP) is 2.88. The first kappa shape index (κ1) is 13.2. The summed E-state index contributed by atoms with van der Waals surface area (Å²) in [5.41, 5.74) is 0.504. The number of carbonyl (C=O) groups excluding carboxylic acids is 1. The molecule has 0 unspecified atom stereocenters. The summed E-state index contributed by atoms with van der Waals surface area (Å²) in [6.45, 7) is 0.0764. The summed E-state index contributed by atoms with van der Waals surface area (Å²) in [7, 11) is 0. The Morgan fingerprint density at radius 3 is 2.38 bits per heavy atom. The molecule has 86 valence electrons. The Kier molecular flexibility index (Phi) is 4.95. The summed E-state index contributed by atoms with van der Waals surface area (Å²) in [5, 5.41) is 8.46. The number of rotatable bonds is 5. The van der Waals surface area contributed by atoms with E-state index in [0.717, 1.165) is 6.29 Å². The van der Waals surface area contributed by atoms with Crippen molar-refractivity contribution in [3.63, 3.8) is 0 Å². The first-order chi connectivity index (χ1) is 7.54. The number of hydrogen-bond donors (Lipinski definition) is 1. The van der Waals surface area contributed by atoms with Crippen molar-refractivity contribution in [2.75, 3.05) is 6.61 Å². The van der Waals surface area contributed by atoms with Crippen molar-refractivity contribution >= 4 is 44.1 Å². The molecule has 0 aliphatic heterocycles. The molecule has 16 heavy (non-hydrogen) atoms. The largest absolute Gasteiger partial charge is 0.491 e. The highest BCUT2D eigenvalue weighted by atomic mass is 79.9. The SMILES string of the molecule is O=Cc1cc(Br)c(OCCC(=O)O)c(Br)c1. The lowest BCUT2D eigenvalue weighted by Gasteiger charge is -2.09. The number of carbonyl (C=O) groups is 2. The maximum atomic E-state index is 10.6. The summed E-state index contributed by atoms with van der Waals surface area (Å²) in [6, 6.07) is 3.21. The Bertz CT molecular complexity index is 394. The smallest absolute Gasteiger partial charge is 0.306 e. The van der Waals surface area contributed by atoms with E-state index in [2.05, 4.69) is 31.9 Å². The van der Waals surface area contributed by atoms with Crippen LogP contribution < -0.4 is 4.74 Å². The quantitative estimate of drug-likeness (QED) is 0.828. The van der Waals surface area contributed by atoms with E-state index >= 15 is 0 Å². The number of aldehydes is 1. The molecule has 0 fully saturated rings. The van der Waals surface area contributed by atoms with Gasteiger partial charge in [0.1, 0.15) is 12.0 Å². The van der Waals surface area contributed by atoms with Gasteiger partial charge in [-0.3, -0.25) is 9.59 Å². The van der Waals surface area contributed by atoms with E-state index in [0.29, 0.717) is 20.3 Å². The highest BCUT2D eigenvalue weighted by Crippen LogP contribution is 2.34. The van der Waals surface area contributed by atoms with Gasteiger partial charge in [-0.15, -0.1) is 0 Å². The first-order valence-electron chi connectivity index (χ1n) is 4.33. The molecule has 1 N–H and O–H groups in total. The highest BCUT2D eigenvalue weighted by Gasteiger charge is 2.09. The summed E-state index contributed by atoms with van der Waals surface area (Å²) in [6.07, 6.45) is 0.644. The zero-order valence-electron chi connectivity index (χ0n) is 8.07. The fourth-order valence-corrected chi connectivity index (χ4v) is 2.48. The molecule has 1 aromatic carbocycles. The molecule has 1 rings (SSSR count). The molecule has 0 radical (unpaired) electrons. The van der Waals surface area contributed by atoms with Crippen LogP contribution in [0.4, 0.5) is 0 Å². The molecule has 0 aliphatic rings. The number of benzene rings is 1. The average Bonchev–Trinajstić information content (AvgIpc) is 2.21. The standard InChI is InChI=1S/C10H8Br2O4/c11-7-3-6(5-13)4-8(12)10(7)16-2-1-9(14)15/h3-5H,1-2H2,(H,14,15). The number of aliphatic carboxylic acids is 1. The van der Waals surface area contributed by atoms with Crippen LogP contribution in [0.3, 0.4) is 0 Å². The van der Waals surface area contributed by atoms with Crippen molar-refractivity contribution in [3.05, 3.63) is 26.6 Å². The second-order valence-corrected chi connectivity index (χ2v) is 4.63. The van der Waals surface area contributed by atoms with Crippen LogP contribution in [-0.2, 0) is 4.79 Å². The summed E-state index contributed by atoms with van der Waals surface area (Å²) in [5.74, 6) is -0.427. The molecule has 6 heteroatoms. The second-order valence-electron chi connectivity index (χ2n) is 2.92. The first-order valence-corrected chi connectivity index (χ1v) is 5.92. The third-order valence-corrected chi connectivity index (χ3v) is 2.90. The molecular formula is C10H8Br2O4. The van der Waals surface area contributed by atoms with Gasteiger partial charge in [0.25, 0.3) is 0 Å². The molecule has 0 bridgehead atoms. The molecule has 0 aromatic heterocycles. The van der Waals surface area contributed by atoms with E-state index < -0.39 is 5.97 Å². The Morgan fingerprint density at radius 2 is 1.94 bits per heavy atom. The number of carboxylic acids is 1. The molecule has 0 aliphatic carbocycles. The molecule has 0 atom stereocenters. The van der Waals surface area contributed by atoms with Gasteiger partial charge in [0, 0.05) is 5.56 Å². The van der Waals surface area contributed by atoms with E-state index in [1.807, 2.05) is 0 Å². The fraction of sp³-hybridized carbons (Fsp3) is 0.200. The van der Waals surface area contributed by atoms with Gasteiger partial charge in [-0.1, -0.05) is 0 Å². The monoisotopic (exact) mass is 350 g/mol. The van der Waals surface area contributed by atoms with E-state index in [1.165, 1.54) is 0 Å². The molecular weight excluding hydrogens is 344 g/mol. The highest BCUT2D eigenvalue weighted by molar-refractivity contribution is 9.11. The third kappa shape index (κ3) is 3.61. The van der Waals surface area contributed by atoms with Crippen molar-refractivity contribution in [2.45, 2.75) is 6.42 Å². The molecule has 0 amide bonds. The number of carboxylic acid groups (broad SMARTS) is 1. The van der Waals surface area contributed by atoms with Crippen LogP contribution in [0.15, 0.2) is 21.1 Å². The number of hydrogen-bond acceptors (Lipinski definition) is 3. The Balaban J connectivity index is 2.80. The van der Waals surface area contributed by atoms with Crippen LogP contribution in [0.2, 0.25) is 0 Å². The lowest BCUT2D eigenvalue weighted by Crippen LogP contribution is -2.05. The van der Waals surface area contributed by atoms with Crippen LogP contribution in [0.25, 0.3) is 0 Å². The van der Waals surface area contributed by atoms with Gasteiger partial charge in [0.15, 0.2) is 0 Å². The minimum Gasteiger partial charge on any atom is -0.491 e. The van der Waals surface area contributed by atoms with Crippen LogP contribution in [0, 0.1) is 0 Å². The van der Waals surface area contributed by atoms with Gasteiger partial charge in [-0.2, -0.15) is 0 Å². The van der Waals surface area contributed by atoms with E-state index in [1.54, 1.807) is 12.1 Å². The van der Waals surface area contributed by atoms with Gasteiger partial charge < -0.3 is 9.84 Å². The lowest BCUT2D eigenvalue weighted by atomic mass is 10.2. The summed E-state index contributed by atoms with van der Waals surface area (Å²) in [4.78, 5) is 20.9. The normalized spacial score (nSPS) is 9.88. The molecule has 1 aromatic rings. The van der Waals surface area contributed by atoms with E-state index in [4.69, 9.17) is 9.84 Å². The predicted molar refractivity (Wildman–Crippen MR) is 65.0 cm³/mol. The van der Waals surface area contributed by atoms with Crippen molar-refractivity contribution in [3.8, 4) is 5.75 Å². The molecule has 0 spiro atoms. The van der Waals surface area contributed by atoms with Crippen LogP contribution in [0.1, 0.15) is 16.8 Å². The summed E-state index contributed by atoms with van der Waals surface area (Å²) < 4.78 is 6.50. The minimum absolute atomic E-state index is 0.0751.